The zero-order valence-electron chi connectivity index (χ0n) is 13.3. The third-order valence-electron chi connectivity index (χ3n) is 5.18. The standard InChI is InChI=1S/C16H23N5.ClH/c1-12-14-7-13(8-18-15(14)20(2)19-12)9-21-6-4-16(11-21)3-5-17-10-16;/h7-8,17H,3-6,9-11H2,1-2H3;1H. The zero-order valence-corrected chi connectivity index (χ0v) is 14.1. The van der Waals surface area contributed by atoms with Crippen molar-refractivity contribution < 1.29 is 0 Å². The summed E-state index contributed by atoms with van der Waals surface area (Å²) < 4.78 is 1.86. The quantitative estimate of drug-likeness (QED) is 0.917. The van der Waals surface area contributed by atoms with Gasteiger partial charge in [0.1, 0.15) is 0 Å². The predicted molar refractivity (Wildman–Crippen MR) is 90.3 cm³/mol. The fraction of sp³-hybridized carbons (Fsp3) is 0.625. The molecule has 0 amide bonds. The number of pyridine rings is 1. The third kappa shape index (κ3) is 2.62. The fourth-order valence-corrected chi connectivity index (χ4v) is 4.00. The number of halogens is 1. The minimum atomic E-state index is 0. The minimum absolute atomic E-state index is 0. The van der Waals surface area contributed by atoms with Gasteiger partial charge in [-0.1, -0.05) is 0 Å². The molecule has 0 radical (unpaired) electrons. The van der Waals surface area contributed by atoms with E-state index in [1.165, 1.54) is 50.0 Å². The third-order valence-corrected chi connectivity index (χ3v) is 5.18. The average Bonchev–Trinajstić information content (AvgIpc) is 3.15. The summed E-state index contributed by atoms with van der Waals surface area (Å²) in [5.41, 5.74) is 3.90. The van der Waals surface area contributed by atoms with Crippen LogP contribution in [-0.4, -0.2) is 45.8 Å². The molecular formula is C16H24ClN5. The Labute approximate surface area is 137 Å². The van der Waals surface area contributed by atoms with Crippen LogP contribution >= 0.6 is 12.4 Å². The first-order valence-electron chi connectivity index (χ1n) is 7.87. The van der Waals surface area contributed by atoms with Crippen LogP contribution in [0.25, 0.3) is 11.0 Å². The molecule has 2 aliphatic rings. The summed E-state index contributed by atoms with van der Waals surface area (Å²) in [7, 11) is 1.96. The molecule has 22 heavy (non-hydrogen) atoms. The molecule has 1 atom stereocenters. The lowest BCUT2D eigenvalue weighted by Gasteiger charge is -2.22. The van der Waals surface area contributed by atoms with Gasteiger partial charge in [-0.25, -0.2) is 4.98 Å². The first kappa shape index (κ1) is 15.7. The lowest BCUT2D eigenvalue weighted by molar-refractivity contribution is 0.268. The first-order chi connectivity index (χ1) is 10.2. The van der Waals surface area contributed by atoms with Crippen molar-refractivity contribution in [1.29, 1.82) is 0 Å². The van der Waals surface area contributed by atoms with Crippen LogP contribution in [0.15, 0.2) is 12.3 Å². The molecule has 1 unspecified atom stereocenters. The minimum Gasteiger partial charge on any atom is -0.316 e. The van der Waals surface area contributed by atoms with Crippen molar-refractivity contribution in [2.45, 2.75) is 26.3 Å². The number of aromatic nitrogens is 3. The van der Waals surface area contributed by atoms with Crippen molar-refractivity contribution >= 4 is 23.4 Å². The molecule has 6 heteroatoms. The molecule has 0 bridgehead atoms. The van der Waals surface area contributed by atoms with E-state index in [-0.39, 0.29) is 12.4 Å². The van der Waals surface area contributed by atoms with Crippen LogP contribution in [-0.2, 0) is 13.6 Å². The highest BCUT2D eigenvalue weighted by molar-refractivity contribution is 5.85. The average molecular weight is 322 g/mol. The fourth-order valence-electron chi connectivity index (χ4n) is 4.00. The van der Waals surface area contributed by atoms with Gasteiger partial charge in [-0.15, -0.1) is 12.4 Å². The monoisotopic (exact) mass is 321 g/mol. The summed E-state index contributed by atoms with van der Waals surface area (Å²) in [6.45, 7) is 7.90. The molecular weight excluding hydrogens is 298 g/mol. The van der Waals surface area contributed by atoms with Crippen LogP contribution in [0, 0.1) is 12.3 Å². The Morgan fingerprint density at radius 3 is 3.00 bits per heavy atom. The molecule has 2 saturated heterocycles. The Morgan fingerprint density at radius 1 is 1.36 bits per heavy atom. The number of nitrogens with zero attached hydrogens (tertiary/aromatic N) is 4. The van der Waals surface area contributed by atoms with E-state index in [9.17, 15) is 0 Å². The number of aryl methyl sites for hydroxylation is 2. The lowest BCUT2D eigenvalue weighted by atomic mass is 9.87. The summed E-state index contributed by atoms with van der Waals surface area (Å²) in [6.07, 6.45) is 4.69. The highest BCUT2D eigenvalue weighted by Gasteiger charge is 2.40. The van der Waals surface area contributed by atoms with E-state index in [1.54, 1.807) is 0 Å². The molecule has 120 valence electrons. The van der Waals surface area contributed by atoms with Crippen molar-refractivity contribution in [3.05, 3.63) is 23.5 Å². The van der Waals surface area contributed by atoms with E-state index < -0.39 is 0 Å². The van der Waals surface area contributed by atoms with Gasteiger partial charge in [-0.2, -0.15) is 5.10 Å². The van der Waals surface area contributed by atoms with Crippen molar-refractivity contribution in [2.75, 3.05) is 26.2 Å². The Bertz CT molecular complexity index is 674. The van der Waals surface area contributed by atoms with E-state index in [0.717, 1.165) is 17.9 Å². The van der Waals surface area contributed by atoms with Gasteiger partial charge in [0.2, 0.25) is 0 Å². The summed E-state index contributed by atoms with van der Waals surface area (Å²) in [6, 6.07) is 2.27. The Balaban J connectivity index is 0.00000144. The maximum absolute atomic E-state index is 4.59. The maximum Gasteiger partial charge on any atom is 0.157 e. The van der Waals surface area contributed by atoms with Gasteiger partial charge in [-0.05, 0) is 49.9 Å². The van der Waals surface area contributed by atoms with Gasteiger partial charge in [0.15, 0.2) is 5.65 Å². The van der Waals surface area contributed by atoms with E-state index >= 15 is 0 Å². The molecule has 2 aromatic heterocycles. The molecule has 2 aliphatic heterocycles. The Hall–Kier alpha value is -1.17. The SMILES string of the molecule is Cc1nn(C)c2ncc(CN3CCC4(CCNC4)C3)cc12.Cl. The molecule has 5 nitrogen and oxygen atoms in total. The lowest BCUT2D eigenvalue weighted by Crippen LogP contribution is -2.28. The predicted octanol–water partition coefficient (Wildman–Crippen LogP) is 1.88. The van der Waals surface area contributed by atoms with Crippen molar-refractivity contribution in [2.24, 2.45) is 12.5 Å². The molecule has 2 fully saturated rings. The van der Waals surface area contributed by atoms with E-state index in [0.29, 0.717) is 5.41 Å². The second kappa shape index (κ2) is 5.80. The van der Waals surface area contributed by atoms with Gasteiger partial charge in [0.05, 0.1) is 5.69 Å². The highest BCUT2D eigenvalue weighted by atomic mass is 35.5. The summed E-state index contributed by atoms with van der Waals surface area (Å²) in [4.78, 5) is 7.18. The van der Waals surface area contributed by atoms with Crippen LogP contribution in [0.4, 0.5) is 0 Å². The number of fused-ring (bicyclic) bond motifs is 1. The smallest absolute Gasteiger partial charge is 0.157 e. The van der Waals surface area contributed by atoms with Crippen LogP contribution < -0.4 is 5.32 Å². The van der Waals surface area contributed by atoms with Crippen LogP contribution in [0.3, 0.4) is 0 Å². The molecule has 0 aliphatic carbocycles. The van der Waals surface area contributed by atoms with Crippen LogP contribution in [0.1, 0.15) is 24.1 Å². The van der Waals surface area contributed by atoms with E-state index in [2.05, 4.69) is 33.3 Å². The van der Waals surface area contributed by atoms with E-state index in [1.807, 2.05) is 17.9 Å². The summed E-state index contributed by atoms with van der Waals surface area (Å²) in [5.74, 6) is 0. The van der Waals surface area contributed by atoms with Crippen molar-refractivity contribution in [1.82, 2.24) is 25.0 Å². The van der Waals surface area contributed by atoms with Crippen LogP contribution in [0.5, 0.6) is 0 Å². The highest BCUT2D eigenvalue weighted by Crippen LogP contribution is 2.36. The van der Waals surface area contributed by atoms with Gasteiger partial charge >= 0.3 is 0 Å². The second-order valence-corrected chi connectivity index (χ2v) is 6.81. The first-order valence-corrected chi connectivity index (χ1v) is 7.87. The molecule has 4 rings (SSSR count). The summed E-state index contributed by atoms with van der Waals surface area (Å²) in [5, 5.41) is 9.16. The number of hydrogen-bond acceptors (Lipinski definition) is 4. The number of nitrogens with one attached hydrogen (secondary N) is 1. The van der Waals surface area contributed by atoms with Gasteiger partial charge in [-0.3, -0.25) is 9.58 Å². The molecule has 4 heterocycles. The van der Waals surface area contributed by atoms with E-state index in [4.69, 9.17) is 0 Å². The second-order valence-electron chi connectivity index (χ2n) is 6.81. The van der Waals surface area contributed by atoms with Crippen LogP contribution in [0.2, 0.25) is 0 Å². The zero-order chi connectivity index (χ0) is 14.4. The molecule has 0 saturated carbocycles. The van der Waals surface area contributed by atoms with Crippen molar-refractivity contribution in [3.63, 3.8) is 0 Å². The maximum atomic E-state index is 4.59. The molecule has 1 N–H and O–H groups in total. The van der Waals surface area contributed by atoms with Gasteiger partial charge in [0.25, 0.3) is 0 Å². The number of rotatable bonds is 2. The van der Waals surface area contributed by atoms with Gasteiger partial charge in [0, 0.05) is 38.3 Å². The Kier molecular flexibility index (Phi) is 4.14. The topological polar surface area (TPSA) is 46.0 Å². The molecule has 0 aromatic carbocycles. The largest absolute Gasteiger partial charge is 0.316 e. The normalized spacial score (nSPS) is 25.2. The van der Waals surface area contributed by atoms with Gasteiger partial charge < -0.3 is 5.32 Å². The molecule has 2 aromatic rings. The molecule has 1 spiro atoms. The number of hydrogen-bond donors (Lipinski definition) is 1. The van der Waals surface area contributed by atoms with Crippen molar-refractivity contribution in [3.8, 4) is 0 Å². The number of likely N-dealkylation sites (tertiary alicyclic amines) is 1. The summed E-state index contributed by atoms with van der Waals surface area (Å²) >= 11 is 0. The Morgan fingerprint density at radius 2 is 2.23 bits per heavy atom.